The first kappa shape index (κ1) is 22.4. The number of benzene rings is 1. The zero-order chi connectivity index (χ0) is 21.3. The Bertz CT molecular complexity index is 797. The van der Waals surface area contributed by atoms with Crippen molar-refractivity contribution in [2.45, 2.75) is 51.6 Å². The minimum atomic E-state index is -0.257. The molecule has 1 aliphatic heterocycles. The number of nitrogens with one attached hydrogen (secondary N) is 2. The lowest BCUT2D eigenvalue weighted by atomic mass is 9.92. The van der Waals surface area contributed by atoms with Gasteiger partial charge in [-0.1, -0.05) is 43.7 Å². The largest absolute Gasteiger partial charge is 0.356 e. The number of rotatable bonds is 9. The summed E-state index contributed by atoms with van der Waals surface area (Å²) >= 11 is 1.54. The highest BCUT2D eigenvalue weighted by molar-refractivity contribution is 7.09. The quantitative estimate of drug-likeness (QED) is 0.601. The van der Waals surface area contributed by atoms with Gasteiger partial charge in [-0.2, -0.15) is 0 Å². The molecule has 1 fully saturated rings. The Balaban J connectivity index is 1.61. The summed E-state index contributed by atoms with van der Waals surface area (Å²) in [6.07, 6.45) is 5.63. The average molecular weight is 429 g/mol. The first-order chi connectivity index (χ1) is 14.6. The summed E-state index contributed by atoms with van der Waals surface area (Å²) in [5, 5.41) is 8.99. The van der Waals surface area contributed by atoms with E-state index in [1.165, 1.54) is 11.3 Å². The number of thiazole rings is 1. The van der Waals surface area contributed by atoms with E-state index in [0.29, 0.717) is 6.54 Å². The number of carbonyl (C=O) groups is 2. The van der Waals surface area contributed by atoms with Crippen LogP contribution in [-0.2, 0) is 9.59 Å². The van der Waals surface area contributed by atoms with Gasteiger partial charge in [0.2, 0.25) is 11.8 Å². The van der Waals surface area contributed by atoms with Gasteiger partial charge >= 0.3 is 0 Å². The smallest absolute Gasteiger partial charge is 0.235 e. The molecule has 7 heteroatoms. The van der Waals surface area contributed by atoms with Gasteiger partial charge in [-0.05, 0) is 31.7 Å². The van der Waals surface area contributed by atoms with Gasteiger partial charge < -0.3 is 10.6 Å². The Morgan fingerprint density at radius 1 is 1.27 bits per heavy atom. The highest BCUT2D eigenvalue weighted by Crippen LogP contribution is 2.25. The van der Waals surface area contributed by atoms with E-state index in [-0.39, 0.29) is 36.4 Å². The average Bonchev–Trinajstić information content (AvgIpc) is 3.29. The fourth-order valence-electron chi connectivity index (χ4n) is 3.85. The summed E-state index contributed by atoms with van der Waals surface area (Å²) in [6.45, 7) is 5.89. The minimum absolute atomic E-state index is 0.0436. The molecular formula is C23H32N4O2S. The highest BCUT2D eigenvalue weighted by Gasteiger charge is 2.31. The minimum Gasteiger partial charge on any atom is -0.356 e. The van der Waals surface area contributed by atoms with Crippen LogP contribution in [0.15, 0.2) is 41.9 Å². The van der Waals surface area contributed by atoms with Crippen LogP contribution in [0.1, 0.15) is 56.1 Å². The zero-order valence-electron chi connectivity index (χ0n) is 17.8. The SMILES string of the molecule is CCCCNC(=O)C1CCC(C)N(CC(=O)NC(c2ccccc2)c2nccs2)C1. The van der Waals surface area contributed by atoms with Crippen LogP contribution in [0.25, 0.3) is 0 Å². The van der Waals surface area contributed by atoms with Gasteiger partial charge in [0.1, 0.15) is 11.0 Å². The maximum atomic E-state index is 12.9. The van der Waals surface area contributed by atoms with E-state index < -0.39 is 0 Å². The molecule has 2 heterocycles. The van der Waals surface area contributed by atoms with E-state index in [4.69, 9.17) is 0 Å². The van der Waals surface area contributed by atoms with E-state index in [1.54, 1.807) is 6.20 Å². The van der Waals surface area contributed by atoms with Crippen LogP contribution in [0.2, 0.25) is 0 Å². The Morgan fingerprint density at radius 2 is 2.07 bits per heavy atom. The second-order valence-electron chi connectivity index (χ2n) is 7.98. The van der Waals surface area contributed by atoms with E-state index in [9.17, 15) is 9.59 Å². The maximum absolute atomic E-state index is 12.9. The lowest BCUT2D eigenvalue weighted by Crippen LogP contribution is -2.50. The second kappa shape index (κ2) is 11.2. The summed E-state index contributed by atoms with van der Waals surface area (Å²) in [5.74, 6) is 0.0263. The third-order valence-corrected chi connectivity index (χ3v) is 6.54. The third kappa shape index (κ3) is 6.12. The van der Waals surface area contributed by atoms with Crippen molar-refractivity contribution in [1.29, 1.82) is 0 Å². The summed E-state index contributed by atoms with van der Waals surface area (Å²) in [4.78, 5) is 32.0. The number of piperidine rings is 1. The fraction of sp³-hybridized carbons (Fsp3) is 0.522. The van der Waals surface area contributed by atoms with Crippen molar-refractivity contribution in [2.24, 2.45) is 5.92 Å². The molecular weight excluding hydrogens is 396 g/mol. The molecule has 3 atom stereocenters. The number of amides is 2. The molecule has 2 aromatic rings. The van der Waals surface area contributed by atoms with Crippen LogP contribution in [0.4, 0.5) is 0 Å². The van der Waals surface area contributed by atoms with Crippen LogP contribution in [-0.4, -0.2) is 47.4 Å². The lowest BCUT2D eigenvalue weighted by molar-refractivity contribution is -0.130. The van der Waals surface area contributed by atoms with Crippen molar-refractivity contribution in [3.63, 3.8) is 0 Å². The maximum Gasteiger partial charge on any atom is 0.235 e. The number of hydrogen-bond acceptors (Lipinski definition) is 5. The Kier molecular flexibility index (Phi) is 8.39. The van der Waals surface area contributed by atoms with Crippen molar-refractivity contribution >= 4 is 23.2 Å². The topological polar surface area (TPSA) is 74.3 Å². The molecule has 0 spiro atoms. The molecule has 6 nitrogen and oxygen atoms in total. The molecule has 3 unspecified atom stereocenters. The Labute approximate surface area is 183 Å². The first-order valence-electron chi connectivity index (χ1n) is 10.8. The summed E-state index contributed by atoms with van der Waals surface area (Å²) in [7, 11) is 0. The van der Waals surface area contributed by atoms with Crippen LogP contribution in [0.3, 0.4) is 0 Å². The van der Waals surface area contributed by atoms with Crippen molar-refractivity contribution in [2.75, 3.05) is 19.6 Å². The Hall–Kier alpha value is -2.25. The number of carbonyl (C=O) groups excluding carboxylic acids is 2. The van der Waals surface area contributed by atoms with Crippen molar-refractivity contribution in [3.8, 4) is 0 Å². The predicted molar refractivity (Wildman–Crippen MR) is 120 cm³/mol. The van der Waals surface area contributed by atoms with Crippen LogP contribution < -0.4 is 10.6 Å². The van der Waals surface area contributed by atoms with Gasteiger partial charge in [0.05, 0.1) is 12.5 Å². The highest BCUT2D eigenvalue weighted by atomic mass is 32.1. The molecule has 162 valence electrons. The molecule has 2 N–H and O–H groups in total. The summed E-state index contributed by atoms with van der Waals surface area (Å²) < 4.78 is 0. The number of aromatic nitrogens is 1. The molecule has 3 rings (SSSR count). The molecule has 30 heavy (non-hydrogen) atoms. The van der Waals surface area contributed by atoms with E-state index >= 15 is 0 Å². The predicted octanol–water partition coefficient (Wildman–Crippen LogP) is 3.37. The molecule has 1 aliphatic rings. The lowest BCUT2D eigenvalue weighted by Gasteiger charge is -2.37. The second-order valence-corrected chi connectivity index (χ2v) is 8.91. The van der Waals surface area contributed by atoms with Crippen molar-refractivity contribution in [1.82, 2.24) is 20.5 Å². The monoisotopic (exact) mass is 428 g/mol. The number of hydrogen-bond donors (Lipinski definition) is 2. The molecule has 0 aliphatic carbocycles. The van der Waals surface area contributed by atoms with E-state index in [0.717, 1.165) is 42.8 Å². The molecule has 2 amide bonds. The summed E-state index contributed by atoms with van der Waals surface area (Å²) in [6, 6.07) is 9.94. The van der Waals surface area contributed by atoms with Gasteiger partial charge in [-0.15, -0.1) is 11.3 Å². The van der Waals surface area contributed by atoms with Gasteiger partial charge in [0, 0.05) is 30.7 Å². The molecule has 0 bridgehead atoms. The number of likely N-dealkylation sites (tertiary alicyclic amines) is 1. The Morgan fingerprint density at radius 3 is 2.77 bits per heavy atom. The van der Waals surface area contributed by atoms with Crippen molar-refractivity contribution < 1.29 is 9.59 Å². The van der Waals surface area contributed by atoms with Gasteiger partial charge in [-0.3, -0.25) is 14.5 Å². The zero-order valence-corrected chi connectivity index (χ0v) is 18.7. The van der Waals surface area contributed by atoms with Gasteiger partial charge in [0.25, 0.3) is 0 Å². The standard InChI is InChI=1S/C23H32N4O2S/c1-3-4-12-24-22(29)19-11-10-17(2)27(15-19)16-20(28)26-21(23-25-13-14-30-23)18-8-6-5-7-9-18/h5-9,13-14,17,19,21H,3-4,10-12,15-16H2,1-2H3,(H,24,29)(H,26,28). The van der Waals surface area contributed by atoms with Crippen LogP contribution in [0.5, 0.6) is 0 Å². The van der Waals surface area contributed by atoms with E-state index in [1.807, 2.05) is 35.7 Å². The van der Waals surface area contributed by atoms with E-state index in [2.05, 4.69) is 34.4 Å². The van der Waals surface area contributed by atoms with Gasteiger partial charge in [0.15, 0.2) is 0 Å². The molecule has 0 saturated carbocycles. The van der Waals surface area contributed by atoms with Crippen LogP contribution >= 0.6 is 11.3 Å². The molecule has 1 aromatic carbocycles. The molecule has 1 saturated heterocycles. The normalized spacial score (nSPS) is 20.5. The summed E-state index contributed by atoms with van der Waals surface area (Å²) in [5.41, 5.74) is 1.01. The van der Waals surface area contributed by atoms with Crippen LogP contribution in [0, 0.1) is 5.92 Å². The number of unbranched alkanes of at least 4 members (excludes halogenated alkanes) is 1. The molecule has 1 aromatic heterocycles. The number of nitrogens with zero attached hydrogens (tertiary/aromatic N) is 2. The van der Waals surface area contributed by atoms with Gasteiger partial charge in [-0.25, -0.2) is 4.98 Å². The fourth-order valence-corrected chi connectivity index (χ4v) is 4.56. The molecule has 0 radical (unpaired) electrons. The first-order valence-corrected chi connectivity index (χ1v) is 11.7. The van der Waals surface area contributed by atoms with Crippen molar-refractivity contribution in [3.05, 3.63) is 52.5 Å². The third-order valence-electron chi connectivity index (χ3n) is 5.69.